The lowest BCUT2D eigenvalue weighted by atomic mass is 10.2. The molecule has 0 saturated carbocycles. The van der Waals surface area contributed by atoms with Crippen LogP contribution in [0.4, 0.5) is 0 Å². The molecule has 1 aliphatic heterocycles. The van der Waals surface area contributed by atoms with E-state index in [-0.39, 0.29) is 6.29 Å². The Balaban J connectivity index is 1.79. The van der Waals surface area contributed by atoms with Crippen molar-refractivity contribution in [3.05, 3.63) is 34.9 Å². The van der Waals surface area contributed by atoms with Crippen LogP contribution in [0.15, 0.2) is 24.3 Å². The Labute approximate surface area is 95.1 Å². The van der Waals surface area contributed by atoms with Crippen LogP contribution >= 0.6 is 11.6 Å². The van der Waals surface area contributed by atoms with Crippen LogP contribution in [-0.2, 0) is 16.1 Å². The molecule has 0 amide bonds. The standard InChI is InChI=1S/C12H15ClO2/c13-11-6-4-10(5-7-11)9-15-12-3-1-2-8-14-12/h4-7,12H,1-3,8-9H2. The van der Waals surface area contributed by atoms with Gasteiger partial charge in [0.1, 0.15) is 0 Å². The molecule has 1 unspecified atom stereocenters. The van der Waals surface area contributed by atoms with Crippen LogP contribution in [0.5, 0.6) is 0 Å². The van der Waals surface area contributed by atoms with Crippen LogP contribution < -0.4 is 0 Å². The van der Waals surface area contributed by atoms with Crippen molar-refractivity contribution in [2.45, 2.75) is 32.2 Å². The van der Waals surface area contributed by atoms with Gasteiger partial charge in [0.2, 0.25) is 0 Å². The molecule has 1 aromatic carbocycles. The molecule has 1 fully saturated rings. The minimum absolute atomic E-state index is 0.0190. The van der Waals surface area contributed by atoms with E-state index in [1.54, 1.807) is 0 Å². The number of rotatable bonds is 3. The lowest BCUT2D eigenvalue weighted by Crippen LogP contribution is -2.21. The zero-order chi connectivity index (χ0) is 10.5. The number of halogens is 1. The van der Waals surface area contributed by atoms with Gasteiger partial charge < -0.3 is 9.47 Å². The van der Waals surface area contributed by atoms with Crippen LogP contribution in [0, 0.1) is 0 Å². The third-order valence-electron chi connectivity index (χ3n) is 2.49. The summed E-state index contributed by atoms with van der Waals surface area (Å²) in [4.78, 5) is 0. The molecule has 0 spiro atoms. The molecule has 0 bridgehead atoms. The van der Waals surface area contributed by atoms with Crippen molar-refractivity contribution in [2.75, 3.05) is 6.61 Å². The van der Waals surface area contributed by atoms with E-state index < -0.39 is 0 Å². The highest BCUT2D eigenvalue weighted by Gasteiger charge is 2.13. The Kier molecular flexibility index (Phi) is 4.01. The minimum atomic E-state index is -0.0190. The minimum Gasteiger partial charge on any atom is -0.353 e. The predicted molar refractivity (Wildman–Crippen MR) is 59.8 cm³/mol. The van der Waals surface area contributed by atoms with Gasteiger partial charge in [0, 0.05) is 11.6 Å². The van der Waals surface area contributed by atoms with Crippen LogP contribution in [-0.4, -0.2) is 12.9 Å². The van der Waals surface area contributed by atoms with E-state index in [2.05, 4.69) is 0 Å². The van der Waals surface area contributed by atoms with Gasteiger partial charge in [-0.2, -0.15) is 0 Å². The molecule has 0 aromatic heterocycles. The highest BCUT2D eigenvalue weighted by atomic mass is 35.5. The number of hydrogen-bond acceptors (Lipinski definition) is 2. The molecule has 1 aromatic rings. The second-order valence-electron chi connectivity index (χ2n) is 3.73. The summed E-state index contributed by atoms with van der Waals surface area (Å²) >= 11 is 5.80. The first kappa shape index (κ1) is 10.9. The molecule has 0 N–H and O–H groups in total. The Bertz CT molecular complexity index is 291. The summed E-state index contributed by atoms with van der Waals surface area (Å²) < 4.78 is 11.1. The van der Waals surface area contributed by atoms with Gasteiger partial charge in [0.25, 0.3) is 0 Å². The van der Waals surface area contributed by atoms with Crippen LogP contribution in [0.2, 0.25) is 5.02 Å². The average Bonchev–Trinajstić information content (AvgIpc) is 2.30. The van der Waals surface area contributed by atoms with E-state index >= 15 is 0 Å². The van der Waals surface area contributed by atoms with Gasteiger partial charge in [-0.3, -0.25) is 0 Å². The van der Waals surface area contributed by atoms with E-state index in [9.17, 15) is 0 Å². The van der Waals surface area contributed by atoms with E-state index in [0.29, 0.717) is 6.61 Å². The first-order valence-electron chi connectivity index (χ1n) is 5.32. The molecule has 2 nitrogen and oxygen atoms in total. The van der Waals surface area contributed by atoms with Gasteiger partial charge in [0.05, 0.1) is 6.61 Å². The maximum absolute atomic E-state index is 5.80. The molecular formula is C12H15ClO2. The average molecular weight is 227 g/mol. The second kappa shape index (κ2) is 5.50. The highest BCUT2D eigenvalue weighted by Crippen LogP contribution is 2.16. The number of benzene rings is 1. The maximum Gasteiger partial charge on any atom is 0.158 e. The smallest absolute Gasteiger partial charge is 0.158 e. The molecular weight excluding hydrogens is 212 g/mol. The first-order chi connectivity index (χ1) is 7.34. The third kappa shape index (κ3) is 3.49. The zero-order valence-electron chi connectivity index (χ0n) is 8.62. The SMILES string of the molecule is Clc1ccc(COC2CCCCO2)cc1. The lowest BCUT2D eigenvalue weighted by molar-refractivity contribution is -0.168. The monoisotopic (exact) mass is 226 g/mol. The third-order valence-corrected chi connectivity index (χ3v) is 2.74. The van der Waals surface area contributed by atoms with Crippen molar-refractivity contribution in [1.82, 2.24) is 0 Å². The molecule has 3 heteroatoms. The molecule has 2 rings (SSSR count). The van der Waals surface area contributed by atoms with Crippen molar-refractivity contribution in [3.63, 3.8) is 0 Å². The van der Waals surface area contributed by atoms with Crippen molar-refractivity contribution < 1.29 is 9.47 Å². The molecule has 82 valence electrons. The van der Waals surface area contributed by atoms with Crippen LogP contribution in [0.3, 0.4) is 0 Å². The molecule has 15 heavy (non-hydrogen) atoms. The molecule has 1 aliphatic rings. The molecule has 0 radical (unpaired) electrons. The van der Waals surface area contributed by atoms with E-state index in [4.69, 9.17) is 21.1 Å². The highest BCUT2D eigenvalue weighted by molar-refractivity contribution is 6.30. The first-order valence-corrected chi connectivity index (χ1v) is 5.70. The second-order valence-corrected chi connectivity index (χ2v) is 4.17. The quantitative estimate of drug-likeness (QED) is 0.787. The van der Waals surface area contributed by atoms with E-state index in [1.807, 2.05) is 24.3 Å². The Morgan fingerprint density at radius 2 is 2.07 bits per heavy atom. The van der Waals surface area contributed by atoms with Gasteiger partial charge >= 0.3 is 0 Å². The summed E-state index contributed by atoms with van der Waals surface area (Å²) in [6.45, 7) is 1.42. The Hall–Kier alpha value is -0.570. The van der Waals surface area contributed by atoms with E-state index in [1.165, 1.54) is 6.42 Å². The van der Waals surface area contributed by atoms with Gasteiger partial charge in [-0.05, 0) is 37.0 Å². The Morgan fingerprint density at radius 3 is 2.73 bits per heavy atom. The van der Waals surface area contributed by atoms with E-state index in [0.717, 1.165) is 30.0 Å². The predicted octanol–water partition coefficient (Wildman–Crippen LogP) is 3.38. The number of ether oxygens (including phenoxy) is 2. The maximum atomic E-state index is 5.80. The van der Waals surface area contributed by atoms with Crippen molar-refractivity contribution in [3.8, 4) is 0 Å². The van der Waals surface area contributed by atoms with Crippen LogP contribution in [0.25, 0.3) is 0 Å². The summed E-state index contributed by atoms with van der Waals surface area (Å²) in [7, 11) is 0. The van der Waals surface area contributed by atoms with Gasteiger partial charge in [0.15, 0.2) is 6.29 Å². The fourth-order valence-electron chi connectivity index (χ4n) is 1.61. The van der Waals surface area contributed by atoms with Crippen molar-refractivity contribution in [1.29, 1.82) is 0 Å². The van der Waals surface area contributed by atoms with Gasteiger partial charge in [-0.15, -0.1) is 0 Å². The van der Waals surface area contributed by atoms with Crippen molar-refractivity contribution >= 4 is 11.6 Å². The fraction of sp³-hybridized carbons (Fsp3) is 0.500. The van der Waals surface area contributed by atoms with Crippen molar-refractivity contribution in [2.24, 2.45) is 0 Å². The number of hydrogen-bond donors (Lipinski definition) is 0. The normalized spacial score (nSPS) is 21.5. The summed E-state index contributed by atoms with van der Waals surface area (Å²) in [5.41, 5.74) is 1.13. The van der Waals surface area contributed by atoms with Gasteiger partial charge in [-0.25, -0.2) is 0 Å². The molecule has 1 heterocycles. The Morgan fingerprint density at radius 1 is 1.27 bits per heavy atom. The topological polar surface area (TPSA) is 18.5 Å². The summed E-state index contributed by atoms with van der Waals surface area (Å²) in [6, 6.07) is 7.71. The van der Waals surface area contributed by atoms with Gasteiger partial charge in [-0.1, -0.05) is 23.7 Å². The summed E-state index contributed by atoms with van der Waals surface area (Å²) in [6.07, 6.45) is 3.34. The zero-order valence-corrected chi connectivity index (χ0v) is 9.37. The lowest BCUT2D eigenvalue weighted by Gasteiger charge is -2.22. The summed E-state index contributed by atoms with van der Waals surface area (Å²) in [5.74, 6) is 0. The van der Waals surface area contributed by atoms with Crippen LogP contribution in [0.1, 0.15) is 24.8 Å². The fourth-order valence-corrected chi connectivity index (χ4v) is 1.74. The summed E-state index contributed by atoms with van der Waals surface area (Å²) in [5, 5.41) is 0.757. The molecule has 1 atom stereocenters. The molecule has 0 aliphatic carbocycles. The largest absolute Gasteiger partial charge is 0.353 e. The molecule has 1 saturated heterocycles.